The van der Waals surface area contributed by atoms with Crippen LogP contribution in [0, 0.1) is 11.3 Å². The van der Waals surface area contributed by atoms with Crippen molar-refractivity contribution in [2.24, 2.45) is 11.3 Å². The maximum atomic E-state index is 14.0. The molecule has 11 heteroatoms. The van der Waals surface area contributed by atoms with Gasteiger partial charge in [0.2, 0.25) is 0 Å². The molecule has 1 aliphatic rings. The van der Waals surface area contributed by atoms with Crippen LogP contribution in [0.1, 0.15) is 134 Å². The zero-order valence-electron chi connectivity index (χ0n) is 40.2. The van der Waals surface area contributed by atoms with E-state index in [1.54, 1.807) is 7.11 Å². The number of esters is 1. The Kier molecular flexibility index (Phi) is 19.2. The van der Waals surface area contributed by atoms with Crippen molar-refractivity contribution in [2.45, 2.75) is 193 Å². The van der Waals surface area contributed by atoms with Crippen LogP contribution < -0.4 is 10.4 Å². The van der Waals surface area contributed by atoms with Crippen LogP contribution in [0.3, 0.4) is 0 Å². The van der Waals surface area contributed by atoms with Crippen molar-refractivity contribution >= 4 is 61.0 Å². The molecule has 0 saturated carbocycles. The van der Waals surface area contributed by atoms with Crippen LogP contribution in [0.4, 0.5) is 0 Å². The number of carbonyl (C=O) groups excluding carboxylic acids is 3. The Hall–Kier alpha value is -2.26. The lowest BCUT2D eigenvalue weighted by Crippen LogP contribution is -2.68. The van der Waals surface area contributed by atoms with Crippen molar-refractivity contribution in [3.63, 3.8) is 0 Å². The molecule has 1 fully saturated rings. The average molecular weight is 944 g/mol. The van der Waals surface area contributed by atoms with Crippen molar-refractivity contribution in [1.82, 2.24) is 0 Å². The molecule has 1 aliphatic heterocycles. The van der Waals surface area contributed by atoms with Gasteiger partial charge in [-0.25, -0.2) is 0 Å². The summed E-state index contributed by atoms with van der Waals surface area (Å²) in [4.78, 5) is 39.2. The number of unbranched alkanes of at least 4 members (excludes halogenated alkanes) is 2. The third-order valence-corrected chi connectivity index (χ3v) is 23.1. The number of carbonyl (C=O) groups is 3. The predicted octanol–water partition coefficient (Wildman–Crippen LogP) is 11.3. The fourth-order valence-electron chi connectivity index (χ4n) is 8.72. The molecule has 342 valence electrons. The second-order valence-corrected chi connectivity index (χ2v) is 30.9. The van der Waals surface area contributed by atoms with E-state index < -0.39 is 58.2 Å². The van der Waals surface area contributed by atoms with Crippen molar-refractivity contribution in [1.29, 1.82) is 0 Å². The molecule has 2 aromatic carbocycles. The minimum Gasteiger partial charge on any atom is -0.462 e. The summed E-state index contributed by atoms with van der Waals surface area (Å²) in [5, 5.41) is 1.94. The van der Waals surface area contributed by atoms with E-state index in [2.05, 4.69) is 146 Å². The summed E-state index contributed by atoms with van der Waals surface area (Å²) in [6.45, 7) is 30.1. The van der Waals surface area contributed by atoms with Crippen molar-refractivity contribution in [3.8, 4) is 0 Å². The van der Waals surface area contributed by atoms with E-state index in [9.17, 15) is 14.4 Å². The second-order valence-electron chi connectivity index (χ2n) is 20.5. The van der Waals surface area contributed by atoms with Crippen molar-refractivity contribution in [3.05, 3.63) is 72.3 Å². The molecule has 7 atom stereocenters. The SMILES string of the molecule is CCCCC[C@H](CC=O)OC(=O)C[C@@]1(OC)C[C@@H](O[Si](c2ccccc2)(c2ccccc2)C(C)(C)C)C[C@@H](/C(C)=C/[C@H](C)[C@H](O[Si](C)(C)C(C)(C)C)C(C)(C)C(=O)C(C)Br)O1. The molecular formula is C50H79BrO8Si2. The van der Waals surface area contributed by atoms with Crippen molar-refractivity contribution in [2.75, 3.05) is 7.11 Å². The molecule has 0 radical (unpaired) electrons. The van der Waals surface area contributed by atoms with E-state index in [0.717, 1.165) is 41.5 Å². The van der Waals surface area contributed by atoms with Gasteiger partial charge in [-0.2, -0.15) is 0 Å². The smallest absolute Gasteiger partial charge is 0.311 e. The normalized spacial score (nSPS) is 21.6. The highest BCUT2D eigenvalue weighted by Crippen LogP contribution is 2.45. The highest BCUT2D eigenvalue weighted by atomic mass is 79.9. The summed E-state index contributed by atoms with van der Waals surface area (Å²) < 4.78 is 34.3. The van der Waals surface area contributed by atoms with Crippen LogP contribution in [0.5, 0.6) is 0 Å². The number of hydrogen-bond donors (Lipinski definition) is 0. The minimum absolute atomic E-state index is 0.0751. The number of Topliss-reactive ketones (excluding diaryl/α,β-unsaturated/α-hetero) is 1. The Morgan fingerprint density at radius 2 is 1.48 bits per heavy atom. The molecule has 0 bridgehead atoms. The molecule has 2 aromatic rings. The zero-order chi connectivity index (χ0) is 46.0. The van der Waals surface area contributed by atoms with Crippen LogP contribution >= 0.6 is 15.9 Å². The molecule has 0 amide bonds. The lowest BCUT2D eigenvalue weighted by Gasteiger charge is -2.50. The lowest BCUT2D eigenvalue weighted by molar-refractivity contribution is -0.279. The molecule has 0 aliphatic carbocycles. The van der Waals surface area contributed by atoms with Gasteiger partial charge >= 0.3 is 5.97 Å². The summed E-state index contributed by atoms with van der Waals surface area (Å²) >= 11 is 3.57. The molecule has 0 N–H and O–H groups in total. The highest BCUT2D eigenvalue weighted by molar-refractivity contribution is 9.10. The first-order valence-electron chi connectivity index (χ1n) is 22.5. The van der Waals surface area contributed by atoms with E-state index >= 15 is 0 Å². The summed E-state index contributed by atoms with van der Waals surface area (Å²) in [7, 11) is -3.82. The van der Waals surface area contributed by atoms with E-state index in [4.69, 9.17) is 23.1 Å². The number of aldehydes is 1. The maximum Gasteiger partial charge on any atom is 0.311 e. The maximum absolute atomic E-state index is 14.0. The van der Waals surface area contributed by atoms with Crippen LogP contribution in [-0.4, -0.2) is 76.8 Å². The standard InChI is InChI=1S/C50H79BrO8Si2/c1-16-17-20-25-39(30-31-52)56-44(53)35-50(55-13)34-40(58-61(48(8,9)10,41-26-21-18-22-27-41)42-28-23-19-24-29-42)33-43(57-50)36(2)32-37(3)46(49(11,12)45(54)38(4)51)59-60(14,15)47(5,6)7/h18-19,21-24,26-29,31-32,37-40,43,46H,16-17,20,25,30,33-35H2,1-15H3/b36-32+/t37-,38?,39+,40-,43-,46-,50+/m0/s1. The lowest BCUT2D eigenvalue weighted by atomic mass is 9.75. The number of rotatable bonds is 22. The first kappa shape index (κ1) is 53.1. The summed E-state index contributed by atoms with van der Waals surface area (Å²) in [6.07, 6.45) is 5.45. The first-order valence-corrected chi connectivity index (χ1v) is 28.2. The first-order chi connectivity index (χ1) is 28.3. The minimum atomic E-state index is -3.06. The van der Waals surface area contributed by atoms with Gasteiger partial charge in [-0.1, -0.05) is 165 Å². The van der Waals surface area contributed by atoms with Gasteiger partial charge in [0.05, 0.1) is 29.6 Å². The largest absolute Gasteiger partial charge is 0.462 e. The Bertz CT molecular complexity index is 1690. The Morgan fingerprint density at radius 3 is 1.93 bits per heavy atom. The fraction of sp³-hybridized carbons (Fsp3) is 0.660. The number of ether oxygens (including phenoxy) is 3. The molecule has 3 rings (SSSR count). The van der Waals surface area contributed by atoms with Crippen LogP contribution in [-0.2, 0) is 37.4 Å². The molecule has 61 heavy (non-hydrogen) atoms. The number of ketones is 1. The van der Waals surface area contributed by atoms with Gasteiger partial charge in [0.25, 0.3) is 8.32 Å². The highest BCUT2D eigenvalue weighted by Gasteiger charge is 2.55. The summed E-state index contributed by atoms with van der Waals surface area (Å²) in [5.41, 5.74) is 0.127. The third-order valence-electron chi connectivity index (χ3n) is 13.2. The third kappa shape index (κ3) is 13.4. The van der Waals surface area contributed by atoms with Gasteiger partial charge in [-0.05, 0) is 65.8 Å². The molecule has 1 saturated heterocycles. The molecule has 8 nitrogen and oxygen atoms in total. The molecular weight excluding hydrogens is 865 g/mol. The monoisotopic (exact) mass is 942 g/mol. The van der Waals surface area contributed by atoms with Gasteiger partial charge in [0.15, 0.2) is 19.9 Å². The fourth-order valence-corrected chi connectivity index (χ4v) is 15.5. The number of alkyl halides is 1. The number of methoxy groups -OCH3 is 1. The van der Waals surface area contributed by atoms with Crippen LogP contribution in [0.15, 0.2) is 72.3 Å². The summed E-state index contributed by atoms with van der Waals surface area (Å²) in [6, 6.07) is 21.1. The summed E-state index contributed by atoms with van der Waals surface area (Å²) in [5.74, 6) is -1.96. The van der Waals surface area contributed by atoms with Crippen LogP contribution in [0.25, 0.3) is 0 Å². The molecule has 1 heterocycles. The Labute approximate surface area is 380 Å². The Morgan fingerprint density at radius 1 is 0.918 bits per heavy atom. The quantitative estimate of drug-likeness (QED) is 0.0288. The van der Waals surface area contributed by atoms with Crippen molar-refractivity contribution < 1.29 is 37.4 Å². The van der Waals surface area contributed by atoms with Gasteiger partial charge in [-0.15, -0.1) is 0 Å². The van der Waals surface area contributed by atoms with Gasteiger partial charge < -0.3 is 27.9 Å². The van der Waals surface area contributed by atoms with E-state index in [0.29, 0.717) is 19.3 Å². The number of hydrogen-bond acceptors (Lipinski definition) is 8. The predicted molar refractivity (Wildman–Crippen MR) is 258 cm³/mol. The zero-order valence-corrected chi connectivity index (χ0v) is 43.8. The van der Waals surface area contributed by atoms with Gasteiger partial charge in [0.1, 0.15) is 12.4 Å². The average Bonchev–Trinajstić information content (AvgIpc) is 3.18. The number of halogens is 1. The van der Waals surface area contributed by atoms with E-state index in [1.165, 1.54) is 0 Å². The van der Waals surface area contributed by atoms with Gasteiger partial charge in [0, 0.05) is 37.7 Å². The topological polar surface area (TPSA) is 97.4 Å². The van der Waals surface area contributed by atoms with Crippen LogP contribution in [0.2, 0.25) is 23.2 Å². The van der Waals surface area contributed by atoms with E-state index in [-0.39, 0.29) is 39.4 Å². The molecule has 1 unspecified atom stereocenters. The van der Waals surface area contributed by atoms with E-state index in [1.807, 2.05) is 32.9 Å². The Balaban J connectivity index is 2.21. The van der Waals surface area contributed by atoms with Gasteiger partial charge in [-0.3, -0.25) is 9.59 Å². The second kappa shape index (κ2) is 22.1. The molecule has 0 spiro atoms. The molecule has 0 aromatic heterocycles. The number of benzene rings is 2.